The highest BCUT2D eigenvalue weighted by atomic mass is 79.9. The van der Waals surface area contributed by atoms with Gasteiger partial charge in [0.2, 0.25) is 11.8 Å². The molecule has 0 aliphatic carbocycles. The van der Waals surface area contributed by atoms with E-state index >= 15 is 0 Å². The van der Waals surface area contributed by atoms with Gasteiger partial charge in [-0.1, -0.05) is 29.8 Å². The Morgan fingerprint density at radius 1 is 1.32 bits per heavy atom. The maximum Gasteiger partial charge on any atom is 0.248 e. The van der Waals surface area contributed by atoms with Crippen LogP contribution < -0.4 is 5.32 Å². The zero-order valence-electron chi connectivity index (χ0n) is 11.4. The highest BCUT2D eigenvalue weighted by Crippen LogP contribution is 2.25. The third-order valence-electron chi connectivity index (χ3n) is 2.78. The Kier molecular flexibility index (Phi) is 4.71. The molecule has 0 amide bonds. The molecule has 5 heteroatoms. The summed E-state index contributed by atoms with van der Waals surface area (Å²) in [7, 11) is 0. The lowest BCUT2D eigenvalue weighted by Gasteiger charge is -2.05. The standard InChI is InChI=1S/C14H18BrN3O/c1-9(2)16-7-6-13-17-18-14(19-13)12-5-4-11(15)8-10(12)3/h4-5,8-9,16H,6-7H2,1-3H3. The van der Waals surface area contributed by atoms with Crippen LogP contribution in [0.4, 0.5) is 0 Å². The summed E-state index contributed by atoms with van der Waals surface area (Å²) in [5.41, 5.74) is 2.10. The number of nitrogens with zero attached hydrogens (tertiary/aromatic N) is 2. The summed E-state index contributed by atoms with van der Waals surface area (Å²) in [6.45, 7) is 7.11. The predicted molar refractivity (Wildman–Crippen MR) is 79.0 cm³/mol. The molecule has 0 bridgehead atoms. The van der Waals surface area contributed by atoms with E-state index in [0.29, 0.717) is 17.8 Å². The summed E-state index contributed by atoms with van der Waals surface area (Å²) in [6.07, 6.45) is 0.751. The molecule has 0 atom stereocenters. The third kappa shape index (κ3) is 3.88. The van der Waals surface area contributed by atoms with Gasteiger partial charge in [-0.05, 0) is 30.7 Å². The van der Waals surface area contributed by atoms with Gasteiger partial charge in [0.15, 0.2) is 0 Å². The first kappa shape index (κ1) is 14.2. The monoisotopic (exact) mass is 323 g/mol. The highest BCUT2D eigenvalue weighted by molar-refractivity contribution is 9.10. The van der Waals surface area contributed by atoms with Crippen LogP contribution in [0, 0.1) is 6.92 Å². The second-order valence-electron chi connectivity index (χ2n) is 4.82. The van der Waals surface area contributed by atoms with Gasteiger partial charge in [-0.2, -0.15) is 0 Å². The Labute approximate surface area is 121 Å². The summed E-state index contributed by atoms with van der Waals surface area (Å²) in [5.74, 6) is 1.26. The molecule has 0 saturated heterocycles. The van der Waals surface area contributed by atoms with Crippen molar-refractivity contribution in [3.63, 3.8) is 0 Å². The van der Waals surface area contributed by atoms with Crippen LogP contribution in [-0.2, 0) is 6.42 Å². The van der Waals surface area contributed by atoms with Crippen LogP contribution in [-0.4, -0.2) is 22.8 Å². The van der Waals surface area contributed by atoms with Crippen molar-refractivity contribution in [2.24, 2.45) is 0 Å². The van der Waals surface area contributed by atoms with Crippen molar-refractivity contribution >= 4 is 15.9 Å². The molecule has 1 aromatic heterocycles. The van der Waals surface area contributed by atoms with Gasteiger partial charge in [0.25, 0.3) is 0 Å². The lowest BCUT2D eigenvalue weighted by molar-refractivity contribution is 0.484. The number of rotatable bonds is 5. The highest BCUT2D eigenvalue weighted by Gasteiger charge is 2.11. The van der Waals surface area contributed by atoms with E-state index in [9.17, 15) is 0 Å². The van der Waals surface area contributed by atoms with Crippen molar-refractivity contribution < 1.29 is 4.42 Å². The van der Waals surface area contributed by atoms with Crippen molar-refractivity contribution in [3.8, 4) is 11.5 Å². The Hall–Kier alpha value is -1.20. The van der Waals surface area contributed by atoms with Gasteiger partial charge >= 0.3 is 0 Å². The van der Waals surface area contributed by atoms with E-state index in [1.807, 2.05) is 25.1 Å². The Balaban J connectivity index is 2.08. The van der Waals surface area contributed by atoms with E-state index in [-0.39, 0.29) is 0 Å². The minimum atomic E-state index is 0.469. The summed E-state index contributed by atoms with van der Waals surface area (Å²) >= 11 is 3.45. The number of halogens is 1. The normalized spacial score (nSPS) is 11.2. The van der Waals surface area contributed by atoms with Gasteiger partial charge in [0.1, 0.15) is 0 Å². The van der Waals surface area contributed by atoms with Crippen LogP contribution in [0.3, 0.4) is 0 Å². The topological polar surface area (TPSA) is 51.0 Å². The molecule has 0 saturated carbocycles. The molecule has 0 fully saturated rings. The van der Waals surface area contributed by atoms with Crippen LogP contribution >= 0.6 is 15.9 Å². The average Bonchev–Trinajstić information content (AvgIpc) is 2.77. The van der Waals surface area contributed by atoms with Gasteiger partial charge < -0.3 is 9.73 Å². The number of hydrogen-bond donors (Lipinski definition) is 1. The number of aromatic nitrogens is 2. The molecule has 1 N–H and O–H groups in total. The van der Waals surface area contributed by atoms with E-state index in [4.69, 9.17) is 4.42 Å². The summed E-state index contributed by atoms with van der Waals surface area (Å²) in [4.78, 5) is 0. The summed E-state index contributed by atoms with van der Waals surface area (Å²) in [5, 5.41) is 11.5. The quantitative estimate of drug-likeness (QED) is 0.916. The second kappa shape index (κ2) is 6.30. The molecule has 2 aromatic rings. The van der Waals surface area contributed by atoms with Crippen LogP contribution in [0.15, 0.2) is 27.1 Å². The SMILES string of the molecule is Cc1cc(Br)ccc1-c1nnc(CCNC(C)C)o1. The van der Waals surface area contributed by atoms with Gasteiger partial charge in [-0.25, -0.2) is 0 Å². The van der Waals surface area contributed by atoms with Crippen LogP contribution in [0.2, 0.25) is 0 Å². The third-order valence-corrected chi connectivity index (χ3v) is 3.27. The zero-order chi connectivity index (χ0) is 13.8. The number of hydrogen-bond acceptors (Lipinski definition) is 4. The van der Waals surface area contributed by atoms with E-state index in [1.54, 1.807) is 0 Å². The number of aryl methyl sites for hydroxylation is 1. The molecule has 0 unspecified atom stereocenters. The lowest BCUT2D eigenvalue weighted by Crippen LogP contribution is -2.25. The maximum atomic E-state index is 5.69. The van der Waals surface area contributed by atoms with Gasteiger partial charge in [-0.3, -0.25) is 0 Å². The summed E-state index contributed by atoms with van der Waals surface area (Å²) in [6, 6.07) is 6.48. The van der Waals surface area contributed by atoms with Gasteiger partial charge in [-0.15, -0.1) is 10.2 Å². The first-order chi connectivity index (χ1) is 9.06. The van der Waals surface area contributed by atoms with Crippen LogP contribution in [0.25, 0.3) is 11.5 Å². The van der Waals surface area contributed by atoms with Gasteiger partial charge in [0.05, 0.1) is 0 Å². The van der Waals surface area contributed by atoms with Crippen molar-refractivity contribution in [3.05, 3.63) is 34.1 Å². The summed E-state index contributed by atoms with van der Waals surface area (Å²) < 4.78 is 6.75. The molecule has 4 nitrogen and oxygen atoms in total. The molecule has 19 heavy (non-hydrogen) atoms. The van der Waals surface area contributed by atoms with E-state index in [1.165, 1.54) is 0 Å². The lowest BCUT2D eigenvalue weighted by atomic mass is 10.1. The van der Waals surface area contributed by atoms with Gasteiger partial charge in [0, 0.05) is 29.0 Å². The molecule has 102 valence electrons. The zero-order valence-corrected chi connectivity index (χ0v) is 13.0. The molecule has 0 aliphatic rings. The van der Waals surface area contributed by atoms with E-state index in [2.05, 4.69) is 45.3 Å². The Morgan fingerprint density at radius 2 is 2.11 bits per heavy atom. The predicted octanol–water partition coefficient (Wildman–Crippen LogP) is 3.35. The van der Waals surface area contributed by atoms with Crippen molar-refractivity contribution in [2.45, 2.75) is 33.2 Å². The average molecular weight is 324 g/mol. The molecule has 0 aliphatic heterocycles. The molecule has 2 rings (SSSR count). The first-order valence-electron chi connectivity index (χ1n) is 6.38. The smallest absolute Gasteiger partial charge is 0.248 e. The maximum absolute atomic E-state index is 5.69. The second-order valence-corrected chi connectivity index (χ2v) is 5.73. The molecular weight excluding hydrogens is 306 g/mol. The molecule has 1 aromatic carbocycles. The molecule has 0 spiro atoms. The van der Waals surface area contributed by atoms with Crippen LogP contribution in [0.1, 0.15) is 25.3 Å². The van der Waals surface area contributed by atoms with Crippen molar-refractivity contribution in [1.82, 2.24) is 15.5 Å². The molecule has 0 radical (unpaired) electrons. The Morgan fingerprint density at radius 3 is 2.79 bits per heavy atom. The number of benzene rings is 1. The van der Waals surface area contributed by atoms with E-state index < -0.39 is 0 Å². The Bertz CT molecular complexity index is 551. The first-order valence-corrected chi connectivity index (χ1v) is 7.18. The molecule has 1 heterocycles. The van der Waals surface area contributed by atoms with E-state index in [0.717, 1.165) is 28.6 Å². The minimum Gasteiger partial charge on any atom is -0.421 e. The van der Waals surface area contributed by atoms with Crippen molar-refractivity contribution in [1.29, 1.82) is 0 Å². The fraction of sp³-hybridized carbons (Fsp3) is 0.429. The number of nitrogens with one attached hydrogen (secondary N) is 1. The molecular formula is C14H18BrN3O. The fourth-order valence-corrected chi connectivity index (χ4v) is 2.27. The largest absolute Gasteiger partial charge is 0.421 e. The van der Waals surface area contributed by atoms with Crippen LogP contribution in [0.5, 0.6) is 0 Å². The van der Waals surface area contributed by atoms with Crippen molar-refractivity contribution in [2.75, 3.05) is 6.54 Å². The fourth-order valence-electron chi connectivity index (χ4n) is 1.80. The minimum absolute atomic E-state index is 0.469.